The quantitative estimate of drug-likeness (QED) is 0.526. The molecule has 0 spiro atoms. The Balaban J connectivity index is 2.13. The minimum Gasteiger partial charge on any atom is -0.300 e. The third-order valence-corrected chi connectivity index (χ3v) is 6.50. The maximum atomic E-state index is 12.0. The number of carbonyl (C=O) groups is 1. The summed E-state index contributed by atoms with van der Waals surface area (Å²) in [5.74, 6) is 4.58. The topological polar surface area (TPSA) is 17.1 Å². The minimum absolute atomic E-state index is 0.171. The molecule has 0 heterocycles. The predicted molar refractivity (Wildman–Crippen MR) is 88.2 cm³/mol. The Morgan fingerprint density at radius 1 is 1.30 bits per heavy atom. The summed E-state index contributed by atoms with van der Waals surface area (Å²) in [7, 11) is -1.24. The van der Waals surface area contributed by atoms with Crippen LogP contribution in [0.15, 0.2) is 0 Å². The molecule has 0 aromatic rings. The van der Waals surface area contributed by atoms with Crippen molar-refractivity contribution in [2.75, 3.05) is 0 Å². The molecule has 0 bridgehead atoms. The molecule has 0 aromatic carbocycles. The molecular weight excluding hydrogens is 260 g/mol. The van der Waals surface area contributed by atoms with Gasteiger partial charge < -0.3 is 0 Å². The van der Waals surface area contributed by atoms with Gasteiger partial charge in [0.25, 0.3) is 0 Å². The number of rotatable bonds is 2. The van der Waals surface area contributed by atoms with Gasteiger partial charge in [-0.15, -0.1) is 11.5 Å². The van der Waals surface area contributed by atoms with Gasteiger partial charge in [0.15, 0.2) is 0 Å². The zero-order valence-corrected chi connectivity index (χ0v) is 14.9. The highest BCUT2D eigenvalue weighted by Gasteiger charge is 2.55. The molecule has 0 radical (unpaired) electrons. The van der Waals surface area contributed by atoms with Crippen LogP contribution in [0.3, 0.4) is 0 Å². The fourth-order valence-electron chi connectivity index (χ4n) is 4.63. The Hall–Kier alpha value is -0.553. The number of hydrogen-bond acceptors (Lipinski definition) is 1. The number of carbonyl (C=O) groups excluding carboxylic acids is 1. The lowest BCUT2D eigenvalue weighted by molar-refractivity contribution is -0.133. The van der Waals surface area contributed by atoms with Gasteiger partial charge in [0, 0.05) is 19.3 Å². The van der Waals surface area contributed by atoms with Crippen molar-refractivity contribution in [2.24, 2.45) is 16.7 Å². The summed E-state index contributed by atoms with van der Waals surface area (Å²) in [5.41, 5.74) is 4.05. The second-order valence-corrected chi connectivity index (χ2v) is 13.4. The molecule has 112 valence electrons. The van der Waals surface area contributed by atoms with Gasteiger partial charge in [-0.2, -0.15) is 0 Å². The van der Waals surface area contributed by atoms with Crippen LogP contribution in [0.2, 0.25) is 19.6 Å². The lowest BCUT2D eigenvalue weighted by atomic mass is 9.52. The molecule has 0 saturated heterocycles. The van der Waals surface area contributed by atoms with Gasteiger partial charge in [-0.05, 0) is 36.0 Å². The average molecular weight is 291 g/mol. The maximum absolute atomic E-state index is 12.0. The van der Waals surface area contributed by atoms with Crippen molar-refractivity contribution < 1.29 is 4.79 Å². The van der Waals surface area contributed by atoms with Crippen LogP contribution < -0.4 is 0 Å². The van der Waals surface area contributed by atoms with E-state index in [-0.39, 0.29) is 5.41 Å². The monoisotopic (exact) mass is 290 g/mol. The Labute approximate surface area is 125 Å². The fourth-order valence-corrected chi connectivity index (χ4v) is 5.28. The van der Waals surface area contributed by atoms with Crippen molar-refractivity contribution in [1.82, 2.24) is 0 Å². The Kier molecular flexibility index (Phi) is 4.22. The molecule has 0 aliphatic heterocycles. The first-order chi connectivity index (χ1) is 9.16. The van der Waals surface area contributed by atoms with Crippen molar-refractivity contribution in [3.8, 4) is 11.5 Å². The van der Waals surface area contributed by atoms with E-state index in [0.717, 1.165) is 19.3 Å². The molecule has 2 heteroatoms. The summed E-state index contributed by atoms with van der Waals surface area (Å²) < 4.78 is 0. The van der Waals surface area contributed by atoms with E-state index >= 15 is 0 Å². The summed E-state index contributed by atoms with van der Waals surface area (Å²) >= 11 is 0. The van der Waals surface area contributed by atoms with Crippen LogP contribution in [0.25, 0.3) is 0 Å². The summed E-state index contributed by atoms with van der Waals surface area (Å²) in [6.45, 7) is 11.6. The van der Waals surface area contributed by atoms with Gasteiger partial charge in [-0.3, -0.25) is 4.79 Å². The average Bonchev–Trinajstić information content (AvgIpc) is 2.67. The van der Waals surface area contributed by atoms with Crippen molar-refractivity contribution in [3.63, 3.8) is 0 Å². The predicted octanol–water partition coefficient (Wildman–Crippen LogP) is 4.82. The van der Waals surface area contributed by atoms with Crippen molar-refractivity contribution in [1.29, 1.82) is 0 Å². The highest BCUT2D eigenvalue weighted by molar-refractivity contribution is 6.83. The number of fused-ring (bicyclic) bond motifs is 1. The van der Waals surface area contributed by atoms with E-state index in [4.69, 9.17) is 0 Å². The molecule has 0 unspecified atom stereocenters. The molecule has 0 aromatic heterocycles. The molecule has 2 aliphatic carbocycles. The van der Waals surface area contributed by atoms with Gasteiger partial charge in [0.05, 0.1) is 0 Å². The maximum Gasteiger partial charge on any atom is 0.133 e. The summed E-state index contributed by atoms with van der Waals surface area (Å²) in [6.07, 6.45) is 7.73. The van der Waals surface area contributed by atoms with Gasteiger partial charge in [0.1, 0.15) is 13.9 Å². The van der Waals surface area contributed by atoms with E-state index < -0.39 is 8.07 Å². The van der Waals surface area contributed by atoms with Crippen LogP contribution in [0.4, 0.5) is 0 Å². The van der Waals surface area contributed by atoms with Crippen LogP contribution in [0.5, 0.6) is 0 Å². The molecule has 2 aliphatic rings. The molecule has 2 saturated carbocycles. The Bertz CT molecular complexity index is 446. The Morgan fingerprint density at radius 3 is 2.65 bits per heavy atom. The number of hydrogen-bond donors (Lipinski definition) is 0. The summed E-state index contributed by atoms with van der Waals surface area (Å²) in [6, 6.07) is 0. The standard InChI is InChI=1S/C18H30OSi/c1-17(2)14-16(19)13-15-9-8-11-18(15,17)10-6-7-12-20(3,4)5/h15H,6,8-11,13-14H2,1-5H3/t15-,18-/m0/s1. The van der Waals surface area contributed by atoms with E-state index in [9.17, 15) is 4.79 Å². The van der Waals surface area contributed by atoms with Crippen LogP contribution in [-0.2, 0) is 4.79 Å². The van der Waals surface area contributed by atoms with Gasteiger partial charge in [-0.25, -0.2) is 0 Å². The van der Waals surface area contributed by atoms with Gasteiger partial charge >= 0.3 is 0 Å². The van der Waals surface area contributed by atoms with Crippen LogP contribution >= 0.6 is 0 Å². The van der Waals surface area contributed by atoms with Crippen LogP contribution in [-0.4, -0.2) is 13.9 Å². The third kappa shape index (κ3) is 3.03. The van der Waals surface area contributed by atoms with E-state index in [1.165, 1.54) is 25.7 Å². The molecular formula is C18H30OSi. The molecule has 2 rings (SSSR count). The molecule has 2 atom stereocenters. The molecule has 0 amide bonds. The lowest BCUT2D eigenvalue weighted by Gasteiger charge is -2.51. The highest BCUT2D eigenvalue weighted by atomic mass is 28.3. The lowest BCUT2D eigenvalue weighted by Crippen LogP contribution is -2.47. The first-order valence-electron chi connectivity index (χ1n) is 8.18. The highest BCUT2D eigenvalue weighted by Crippen LogP contribution is 2.62. The molecule has 1 nitrogen and oxygen atoms in total. The fraction of sp³-hybridized carbons (Fsp3) is 0.833. The van der Waals surface area contributed by atoms with Crippen molar-refractivity contribution in [3.05, 3.63) is 0 Å². The zero-order valence-electron chi connectivity index (χ0n) is 13.9. The second kappa shape index (κ2) is 5.33. The smallest absolute Gasteiger partial charge is 0.133 e. The molecule has 2 fully saturated rings. The normalized spacial score (nSPS) is 32.5. The van der Waals surface area contributed by atoms with Crippen molar-refractivity contribution in [2.45, 2.75) is 78.4 Å². The van der Waals surface area contributed by atoms with Gasteiger partial charge in [0.2, 0.25) is 0 Å². The van der Waals surface area contributed by atoms with E-state index in [2.05, 4.69) is 45.0 Å². The summed E-state index contributed by atoms with van der Waals surface area (Å²) in [4.78, 5) is 12.0. The summed E-state index contributed by atoms with van der Waals surface area (Å²) in [5, 5.41) is 0. The zero-order chi connectivity index (χ0) is 15.0. The second-order valence-electron chi connectivity index (χ2n) is 8.60. The van der Waals surface area contributed by atoms with Crippen LogP contribution in [0.1, 0.15) is 58.8 Å². The minimum atomic E-state index is -1.24. The SMILES string of the molecule is CC1(C)CC(=O)C[C@@H]2CCC[C@@]21CCC#C[Si](C)(C)C. The largest absolute Gasteiger partial charge is 0.300 e. The molecule has 20 heavy (non-hydrogen) atoms. The Morgan fingerprint density at radius 2 is 2.00 bits per heavy atom. The van der Waals surface area contributed by atoms with E-state index in [1.54, 1.807) is 0 Å². The first-order valence-corrected chi connectivity index (χ1v) is 11.7. The molecule has 0 N–H and O–H groups in total. The number of ketones is 1. The van der Waals surface area contributed by atoms with Crippen LogP contribution in [0, 0.1) is 28.2 Å². The third-order valence-electron chi connectivity index (χ3n) is 5.58. The first kappa shape index (κ1) is 15.8. The van der Waals surface area contributed by atoms with E-state index in [1.807, 2.05) is 0 Å². The van der Waals surface area contributed by atoms with E-state index in [0.29, 0.717) is 17.1 Å². The van der Waals surface area contributed by atoms with Gasteiger partial charge in [-0.1, -0.05) is 39.9 Å². The number of Topliss-reactive ketones (excluding diaryl/α,β-unsaturated/α-hetero) is 1. The van der Waals surface area contributed by atoms with Crippen molar-refractivity contribution >= 4 is 13.9 Å².